The Bertz CT molecular complexity index is 1760. The van der Waals surface area contributed by atoms with E-state index in [2.05, 4.69) is 0 Å². The first-order valence-electron chi connectivity index (χ1n) is 13.9. The number of benzene rings is 4. The maximum atomic E-state index is 14.2. The molecule has 0 aliphatic heterocycles. The van der Waals surface area contributed by atoms with Crippen molar-refractivity contribution in [1.29, 1.82) is 0 Å². The van der Waals surface area contributed by atoms with Gasteiger partial charge in [0.25, 0.3) is 0 Å². The summed E-state index contributed by atoms with van der Waals surface area (Å²) in [5, 5.41) is 0.403. The lowest BCUT2D eigenvalue weighted by Crippen LogP contribution is -2.06. The maximum absolute atomic E-state index is 14.2. The average Bonchev–Trinajstić information content (AvgIpc) is 3.42. The zero-order valence-corrected chi connectivity index (χ0v) is 26.4. The first-order valence-corrected chi connectivity index (χ1v) is 15.4. The third-order valence-corrected chi connectivity index (χ3v) is 8.29. The molecule has 10 nitrogen and oxygen atoms in total. The quantitative estimate of drug-likeness (QED) is 0.0884. The molecule has 0 bridgehead atoms. The first kappa shape index (κ1) is 31.7. The average molecular weight is 633 g/mol. The highest BCUT2D eigenvalue weighted by Crippen LogP contribution is 2.55. The van der Waals surface area contributed by atoms with E-state index >= 15 is 0 Å². The van der Waals surface area contributed by atoms with E-state index in [0.29, 0.717) is 28.4 Å². The molecule has 0 radical (unpaired) electrons. The van der Waals surface area contributed by atoms with Gasteiger partial charge in [-0.1, -0.05) is 60.7 Å². The number of furan rings is 1. The molecule has 11 heteroatoms. The zero-order chi connectivity index (χ0) is 32.0. The number of fused-ring (bicyclic) bond motifs is 1. The number of ketones is 1. The molecule has 0 spiro atoms. The van der Waals surface area contributed by atoms with Gasteiger partial charge in [-0.15, -0.1) is 0 Å². The molecule has 0 saturated heterocycles. The van der Waals surface area contributed by atoms with E-state index in [1.807, 2.05) is 60.7 Å². The van der Waals surface area contributed by atoms with Crippen LogP contribution < -0.4 is 23.5 Å². The van der Waals surface area contributed by atoms with E-state index in [9.17, 15) is 9.36 Å². The SMILES string of the molecule is COc1cc(C(=O)c2c(C)oc3c(OP(=O)(OCc4ccccc4)OCc4ccccc4)c(OC)ccc23)cc(OC)c1OC. The highest BCUT2D eigenvalue weighted by atomic mass is 31.2. The number of aryl methyl sites for hydroxylation is 1. The Morgan fingerprint density at radius 3 is 1.71 bits per heavy atom. The Hall–Kier alpha value is -4.76. The number of ether oxygens (including phenoxy) is 4. The molecule has 0 amide bonds. The molecule has 4 aromatic carbocycles. The second kappa shape index (κ2) is 13.9. The van der Waals surface area contributed by atoms with E-state index in [-0.39, 0.29) is 47.2 Å². The van der Waals surface area contributed by atoms with Crippen LogP contribution in [0.15, 0.2) is 89.3 Å². The Kier molecular flexibility index (Phi) is 9.78. The van der Waals surface area contributed by atoms with Crippen LogP contribution in [0.3, 0.4) is 0 Å². The summed E-state index contributed by atoms with van der Waals surface area (Å²) in [6.45, 7) is 1.55. The molecule has 0 N–H and O–H groups in total. The van der Waals surface area contributed by atoms with Crippen LogP contribution in [0, 0.1) is 6.92 Å². The number of methoxy groups -OCH3 is 4. The standard InChI is InChI=1S/C34H33O10P/c1-22-30(31(35)25-18-28(38-3)33(40-5)29(19-25)39-4)26-16-17-27(37-2)34(32(26)43-22)44-45(36,41-20-23-12-8-6-9-13-23)42-21-24-14-10-7-11-15-24/h6-19H,20-21H2,1-5H3. The Balaban J connectivity index is 1.56. The van der Waals surface area contributed by atoms with Crippen molar-refractivity contribution in [3.63, 3.8) is 0 Å². The molecule has 234 valence electrons. The van der Waals surface area contributed by atoms with Crippen LogP contribution in [0.1, 0.15) is 32.8 Å². The third-order valence-electron chi connectivity index (χ3n) is 6.99. The Labute approximate surface area is 261 Å². The van der Waals surface area contributed by atoms with Gasteiger partial charge < -0.3 is 27.9 Å². The summed E-state index contributed by atoms with van der Waals surface area (Å²) >= 11 is 0. The predicted molar refractivity (Wildman–Crippen MR) is 168 cm³/mol. The summed E-state index contributed by atoms with van der Waals surface area (Å²) in [5.74, 6) is 1.10. The molecular weight excluding hydrogens is 599 g/mol. The number of hydrogen-bond donors (Lipinski definition) is 0. The van der Waals surface area contributed by atoms with Crippen molar-refractivity contribution < 1.29 is 46.3 Å². The minimum Gasteiger partial charge on any atom is -0.493 e. The molecule has 0 aliphatic carbocycles. The van der Waals surface area contributed by atoms with Crippen molar-refractivity contribution in [2.45, 2.75) is 20.1 Å². The van der Waals surface area contributed by atoms with Gasteiger partial charge in [-0.3, -0.25) is 13.8 Å². The minimum absolute atomic E-state index is 0.0356. The summed E-state index contributed by atoms with van der Waals surface area (Å²) in [6.07, 6.45) is 0. The molecule has 5 aromatic rings. The van der Waals surface area contributed by atoms with Gasteiger partial charge in [0.1, 0.15) is 5.76 Å². The van der Waals surface area contributed by atoms with Crippen LogP contribution in [0.5, 0.6) is 28.7 Å². The van der Waals surface area contributed by atoms with Gasteiger partial charge in [0, 0.05) is 10.9 Å². The third kappa shape index (κ3) is 6.83. The van der Waals surface area contributed by atoms with Crippen molar-refractivity contribution in [2.75, 3.05) is 28.4 Å². The van der Waals surface area contributed by atoms with Gasteiger partial charge in [0.05, 0.1) is 47.2 Å². The Morgan fingerprint density at radius 1 is 0.689 bits per heavy atom. The van der Waals surface area contributed by atoms with Gasteiger partial charge >= 0.3 is 7.82 Å². The summed E-state index contributed by atoms with van der Waals surface area (Å²) < 4.78 is 59.9. The number of rotatable bonds is 14. The summed E-state index contributed by atoms with van der Waals surface area (Å²) in [5.41, 5.74) is 2.20. The topological polar surface area (TPSA) is 112 Å². The number of carbonyl (C=O) groups is 1. The van der Waals surface area contributed by atoms with Gasteiger partial charge in [-0.05, 0) is 42.3 Å². The fraction of sp³-hybridized carbons (Fsp3) is 0.206. The second-order valence-electron chi connectivity index (χ2n) is 9.81. The fourth-order valence-electron chi connectivity index (χ4n) is 4.78. The molecule has 0 atom stereocenters. The van der Waals surface area contributed by atoms with Gasteiger partial charge in [-0.25, -0.2) is 4.57 Å². The predicted octanol–water partition coefficient (Wildman–Crippen LogP) is 7.93. The summed E-state index contributed by atoms with van der Waals surface area (Å²) in [7, 11) is 1.55. The van der Waals surface area contributed by atoms with Gasteiger partial charge in [0.15, 0.2) is 28.6 Å². The van der Waals surface area contributed by atoms with E-state index in [0.717, 1.165) is 11.1 Å². The van der Waals surface area contributed by atoms with E-state index in [1.165, 1.54) is 28.4 Å². The highest BCUT2D eigenvalue weighted by molar-refractivity contribution is 7.48. The number of carbonyl (C=O) groups excluding carboxylic acids is 1. The molecular formula is C34H33O10P. The van der Waals surface area contributed by atoms with Crippen molar-refractivity contribution in [2.24, 2.45) is 0 Å². The summed E-state index contributed by atoms with van der Waals surface area (Å²) in [6, 6.07) is 24.8. The zero-order valence-electron chi connectivity index (χ0n) is 25.5. The highest BCUT2D eigenvalue weighted by Gasteiger charge is 2.34. The molecule has 0 fully saturated rings. The Morgan fingerprint density at radius 2 is 1.22 bits per heavy atom. The minimum atomic E-state index is -4.31. The normalized spacial score (nSPS) is 11.3. The maximum Gasteiger partial charge on any atom is 0.530 e. The van der Waals surface area contributed by atoms with Crippen LogP contribution in [0.25, 0.3) is 11.0 Å². The molecule has 0 aliphatic rings. The van der Waals surface area contributed by atoms with Crippen molar-refractivity contribution in [1.82, 2.24) is 0 Å². The number of hydrogen-bond acceptors (Lipinski definition) is 10. The molecule has 1 aromatic heterocycles. The first-order chi connectivity index (χ1) is 21.8. The summed E-state index contributed by atoms with van der Waals surface area (Å²) in [4.78, 5) is 14.0. The lowest BCUT2D eigenvalue weighted by atomic mass is 9.99. The molecule has 5 rings (SSSR count). The molecule has 0 unspecified atom stereocenters. The largest absolute Gasteiger partial charge is 0.530 e. The molecule has 1 heterocycles. The van der Waals surface area contributed by atoms with Crippen LogP contribution in [-0.4, -0.2) is 34.2 Å². The van der Waals surface area contributed by atoms with E-state index in [1.54, 1.807) is 31.2 Å². The van der Waals surface area contributed by atoms with Crippen molar-refractivity contribution in [3.05, 3.63) is 113 Å². The number of phosphoric ester groups is 1. The van der Waals surface area contributed by atoms with Crippen molar-refractivity contribution in [3.8, 4) is 28.7 Å². The van der Waals surface area contributed by atoms with E-state index in [4.69, 9.17) is 36.9 Å². The smallest absolute Gasteiger partial charge is 0.493 e. The van der Waals surface area contributed by atoms with Gasteiger partial charge in [-0.2, -0.15) is 0 Å². The van der Waals surface area contributed by atoms with Crippen molar-refractivity contribution >= 4 is 24.6 Å². The lowest BCUT2D eigenvalue weighted by molar-refractivity contribution is 0.103. The number of phosphoric acid groups is 1. The van der Waals surface area contributed by atoms with Crippen LogP contribution in [-0.2, 0) is 26.8 Å². The van der Waals surface area contributed by atoms with Crippen LogP contribution in [0.4, 0.5) is 0 Å². The van der Waals surface area contributed by atoms with E-state index < -0.39 is 7.82 Å². The van der Waals surface area contributed by atoms with Crippen LogP contribution >= 0.6 is 7.82 Å². The molecule has 0 saturated carbocycles. The van der Waals surface area contributed by atoms with Gasteiger partial charge in [0.2, 0.25) is 11.5 Å². The second-order valence-corrected chi connectivity index (χ2v) is 11.4. The molecule has 45 heavy (non-hydrogen) atoms. The van der Waals surface area contributed by atoms with Crippen LogP contribution in [0.2, 0.25) is 0 Å². The fourth-order valence-corrected chi connectivity index (χ4v) is 5.97. The lowest BCUT2D eigenvalue weighted by Gasteiger charge is -2.20. The monoisotopic (exact) mass is 632 g/mol.